The van der Waals surface area contributed by atoms with Crippen molar-refractivity contribution in [1.82, 2.24) is 0 Å². The lowest BCUT2D eigenvalue weighted by molar-refractivity contribution is 1.78. The number of hydrogen-bond acceptors (Lipinski definition) is 3. The number of hydrogen-bond donors (Lipinski definition) is 0. The van der Waals surface area contributed by atoms with E-state index in [2.05, 4.69) is 4.40 Å². The van der Waals surface area contributed by atoms with E-state index >= 15 is 0 Å². The van der Waals surface area contributed by atoms with Crippen molar-refractivity contribution in [2.24, 2.45) is 4.40 Å². The zero-order chi connectivity index (χ0) is 4.41. The molecular weight excluding hydrogens is 114 g/mol. The van der Waals surface area contributed by atoms with Gasteiger partial charge in [-0.25, -0.2) is 4.40 Å². The van der Waals surface area contributed by atoms with Crippen LogP contribution in [0.2, 0.25) is 0 Å². The third-order valence-electron chi connectivity index (χ3n) is 0.487. The molecule has 0 atom stereocenters. The summed E-state index contributed by atoms with van der Waals surface area (Å²) in [4.78, 5) is 0. The van der Waals surface area contributed by atoms with Crippen molar-refractivity contribution in [3.63, 3.8) is 0 Å². The Labute approximate surface area is 46.0 Å². The first-order chi connectivity index (χ1) is 2.89. The van der Waals surface area contributed by atoms with Crippen LogP contribution >= 0.6 is 24.2 Å². The van der Waals surface area contributed by atoms with E-state index in [4.69, 9.17) is 12.2 Å². The molecule has 1 aliphatic heterocycles. The molecule has 0 saturated heterocycles. The van der Waals surface area contributed by atoms with Gasteiger partial charge in [0, 0.05) is 24.6 Å². The van der Waals surface area contributed by atoms with Crippen molar-refractivity contribution in [1.29, 1.82) is 0 Å². The highest BCUT2D eigenvalue weighted by Gasteiger charge is 1.97. The first-order valence-corrected chi connectivity index (χ1v) is 2.79. The van der Waals surface area contributed by atoms with Crippen LogP contribution in [0.4, 0.5) is 0 Å². The van der Waals surface area contributed by atoms with Crippen LogP contribution < -0.4 is 0 Å². The Bertz CT molecular complexity index is 87.0. The average Bonchev–Trinajstić information content (AvgIpc) is 1.86. The molecule has 0 aromatic heterocycles. The van der Waals surface area contributed by atoms with Gasteiger partial charge in [0.2, 0.25) is 0 Å². The maximum atomic E-state index is 4.76. The smallest absolute Gasteiger partial charge is 0.0762 e. The summed E-state index contributed by atoms with van der Waals surface area (Å²) in [5, 5.41) is 0. The first-order valence-electron chi connectivity index (χ1n) is 1.61. The lowest BCUT2D eigenvalue weighted by Crippen LogP contribution is -1.74. The number of nitrogens with zero attached hydrogens (tertiary/aromatic N) is 1. The Morgan fingerprint density at radius 3 is 3.00 bits per heavy atom. The number of thiocarbonyl (C=S) groups is 1. The quantitative estimate of drug-likeness (QED) is 0.351. The molecule has 6 heavy (non-hydrogen) atoms. The van der Waals surface area contributed by atoms with Gasteiger partial charge in [-0.3, -0.25) is 0 Å². The summed E-state index contributed by atoms with van der Waals surface area (Å²) in [7, 11) is 0. The Balaban J connectivity index is 2.52. The molecule has 0 N–H and O–H groups in total. The fourth-order valence-corrected chi connectivity index (χ4v) is 0.864. The molecule has 0 radical (unpaired) electrons. The van der Waals surface area contributed by atoms with Crippen molar-refractivity contribution < 1.29 is 0 Å². The molecule has 32 valence electrons. The van der Waals surface area contributed by atoms with E-state index < -0.39 is 0 Å². The van der Waals surface area contributed by atoms with Crippen molar-refractivity contribution in [3.05, 3.63) is 0 Å². The average molecular weight is 117 g/mol. The second-order valence-electron chi connectivity index (χ2n) is 0.955. The lowest BCUT2D eigenvalue weighted by Gasteiger charge is -1.74. The minimum absolute atomic E-state index is 0.889. The molecule has 3 heteroatoms. The molecule has 0 spiro atoms. The maximum absolute atomic E-state index is 4.76. The molecule has 0 unspecified atom stereocenters. The molecule has 1 heterocycles. The van der Waals surface area contributed by atoms with E-state index in [0.29, 0.717) is 0 Å². The topological polar surface area (TPSA) is 12.4 Å². The van der Waals surface area contributed by atoms with Gasteiger partial charge in [0.05, 0.1) is 4.20 Å². The SMILES string of the molecule is S=C1CC=NS1. The molecule has 0 fully saturated rings. The molecule has 0 bridgehead atoms. The first kappa shape index (κ1) is 4.27. The summed E-state index contributed by atoms with van der Waals surface area (Å²) in [6.45, 7) is 0. The Morgan fingerprint density at radius 2 is 2.83 bits per heavy atom. The summed E-state index contributed by atoms with van der Waals surface area (Å²) < 4.78 is 4.80. The fourth-order valence-electron chi connectivity index (χ4n) is 0.245. The monoisotopic (exact) mass is 117 g/mol. The maximum Gasteiger partial charge on any atom is 0.0762 e. The number of rotatable bonds is 0. The normalized spacial score (nSPS) is 19.7. The standard InChI is InChI=1S/C3H3NS2/c5-3-1-2-4-6-3/h2H,1H2. The molecule has 1 nitrogen and oxygen atoms in total. The Hall–Kier alpha value is 0.110. The predicted molar refractivity (Wildman–Crippen MR) is 33.3 cm³/mol. The van der Waals surface area contributed by atoms with Gasteiger partial charge in [0.15, 0.2) is 0 Å². The van der Waals surface area contributed by atoms with E-state index in [1.165, 1.54) is 11.9 Å². The van der Waals surface area contributed by atoms with Crippen LogP contribution in [-0.4, -0.2) is 10.4 Å². The third kappa shape index (κ3) is 0.786. The van der Waals surface area contributed by atoms with E-state index in [0.717, 1.165) is 10.6 Å². The van der Waals surface area contributed by atoms with E-state index in [1.54, 1.807) is 0 Å². The Kier molecular flexibility index (Phi) is 1.22. The molecule has 0 amide bonds. The van der Waals surface area contributed by atoms with Gasteiger partial charge in [-0.15, -0.1) is 0 Å². The van der Waals surface area contributed by atoms with Crippen LogP contribution in [0.1, 0.15) is 6.42 Å². The molecule has 0 saturated carbocycles. The van der Waals surface area contributed by atoms with E-state index in [1.807, 2.05) is 6.21 Å². The Morgan fingerprint density at radius 1 is 2.00 bits per heavy atom. The summed E-state index contributed by atoms with van der Waals surface area (Å²) in [5.41, 5.74) is 0. The zero-order valence-electron chi connectivity index (χ0n) is 3.05. The minimum atomic E-state index is 0.889. The summed E-state index contributed by atoms with van der Waals surface area (Å²) >= 11 is 6.16. The van der Waals surface area contributed by atoms with Crippen molar-refractivity contribution in [2.45, 2.75) is 6.42 Å². The third-order valence-corrected chi connectivity index (χ3v) is 1.50. The summed E-state index contributed by atoms with van der Waals surface area (Å²) in [5.74, 6) is 0. The highest BCUT2D eigenvalue weighted by molar-refractivity contribution is 8.22. The molecular formula is C3H3NS2. The second kappa shape index (κ2) is 1.71. The van der Waals surface area contributed by atoms with Crippen LogP contribution in [0, 0.1) is 0 Å². The van der Waals surface area contributed by atoms with Gasteiger partial charge in [0.1, 0.15) is 0 Å². The summed E-state index contributed by atoms with van der Waals surface area (Å²) in [6, 6.07) is 0. The van der Waals surface area contributed by atoms with Gasteiger partial charge in [-0.2, -0.15) is 0 Å². The van der Waals surface area contributed by atoms with Crippen molar-refractivity contribution >= 4 is 34.6 Å². The second-order valence-corrected chi connectivity index (χ2v) is 2.59. The highest BCUT2D eigenvalue weighted by Crippen LogP contribution is 2.13. The zero-order valence-corrected chi connectivity index (χ0v) is 4.68. The van der Waals surface area contributed by atoms with E-state index in [9.17, 15) is 0 Å². The predicted octanol–water partition coefficient (Wildman–Crippen LogP) is 1.44. The van der Waals surface area contributed by atoms with Crippen LogP contribution in [0.15, 0.2) is 4.40 Å². The molecule has 0 aromatic carbocycles. The van der Waals surface area contributed by atoms with E-state index in [-0.39, 0.29) is 0 Å². The summed E-state index contributed by atoms with van der Waals surface area (Å²) in [6.07, 6.45) is 2.72. The van der Waals surface area contributed by atoms with Crippen LogP contribution in [-0.2, 0) is 0 Å². The van der Waals surface area contributed by atoms with Gasteiger partial charge >= 0.3 is 0 Å². The van der Waals surface area contributed by atoms with Crippen molar-refractivity contribution in [3.8, 4) is 0 Å². The van der Waals surface area contributed by atoms with Gasteiger partial charge in [-0.05, 0) is 0 Å². The molecule has 0 aliphatic carbocycles. The van der Waals surface area contributed by atoms with Gasteiger partial charge in [-0.1, -0.05) is 12.2 Å². The van der Waals surface area contributed by atoms with Crippen LogP contribution in [0.3, 0.4) is 0 Å². The lowest BCUT2D eigenvalue weighted by atomic mass is 10.5. The highest BCUT2D eigenvalue weighted by atomic mass is 32.2. The fraction of sp³-hybridized carbons (Fsp3) is 0.333. The molecule has 1 aliphatic rings. The van der Waals surface area contributed by atoms with Gasteiger partial charge in [0.25, 0.3) is 0 Å². The molecule has 1 rings (SSSR count). The minimum Gasteiger partial charge on any atom is -0.223 e. The molecule has 0 aromatic rings. The largest absolute Gasteiger partial charge is 0.223 e. The van der Waals surface area contributed by atoms with Crippen molar-refractivity contribution in [2.75, 3.05) is 0 Å². The van der Waals surface area contributed by atoms with Crippen LogP contribution in [0.25, 0.3) is 0 Å². The van der Waals surface area contributed by atoms with Crippen LogP contribution in [0.5, 0.6) is 0 Å². The van der Waals surface area contributed by atoms with Gasteiger partial charge < -0.3 is 0 Å².